The molecule has 4 rings (SSSR count). The molecule has 1 atom stereocenters. The minimum Gasteiger partial charge on any atom is -0.496 e. The van der Waals surface area contributed by atoms with Crippen LogP contribution < -0.4 is 10.1 Å². The number of fused-ring (bicyclic) bond motifs is 1. The quantitative estimate of drug-likeness (QED) is 0.371. The van der Waals surface area contributed by atoms with Crippen molar-refractivity contribution in [2.75, 3.05) is 26.1 Å². The van der Waals surface area contributed by atoms with Gasteiger partial charge in [0.25, 0.3) is 0 Å². The number of aromatic nitrogens is 5. The largest absolute Gasteiger partial charge is 0.496 e. The molecule has 1 aromatic carbocycles. The molecule has 0 aliphatic carbocycles. The van der Waals surface area contributed by atoms with Crippen molar-refractivity contribution in [3.05, 3.63) is 58.9 Å². The monoisotopic (exact) mass is 466 g/mol. The van der Waals surface area contributed by atoms with Crippen LogP contribution in [-0.2, 0) is 17.6 Å². The van der Waals surface area contributed by atoms with E-state index in [1.165, 1.54) is 6.33 Å². The van der Waals surface area contributed by atoms with Crippen molar-refractivity contribution in [3.63, 3.8) is 0 Å². The predicted octanol–water partition coefficient (Wildman–Crippen LogP) is 4.62. The second kappa shape index (κ2) is 10.1. The normalized spacial score (nSPS) is 12.2. The van der Waals surface area contributed by atoms with E-state index in [9.17, 15) is 0 Å². The van der Waals surface area contributed by atoms with Crippen molar-refractivity contribution in [3.8, 4) is 16.9 Å². The highest BCUT2D eigenvalue weighted by Crippen LogP contribution is 2.40. The highest BCUT2D eigenvalue weighted by atomic mass is 35.5. The molecule has 3 heterocycles. The molecule has 0 radical (unpaired) electrons. The molecule has 0 saturated heterocycles. The Bertz CT molecular complexity index is 1240. The maximum absolute atomic E-state index is 6.63. The fraction of sp³-hybridized carbons (Fsp3) is 0.333. The molecule has 172 valence electrons. The first kappa shape index (κ1) is 22.9. The van der Waals surface area contributed by atoms with Crippen LogP contribution in [-0.4, -0.2) is 51.8 Å². The molecule has 2 N–H and O–H groups in total. The van der Waals surface area contributed by atoms with Crippen LogP contribution in [0.2, 0.25) is 5.02 Å². The summed E-state index contributed by atoms with van der Waals surface area (Å²) in [7, 11) is 3.39. The molecule has 4 aromatic rings. The van der Waals surface area contributed by atoms with Crippen LogP contribution in [0.1, 0.15) is 23.7 Å². The van der Waals surface area contributed by atoms with Crippen LogP contribution in [0.3, 0.4) is 0 Å². The number of imidazole rings is 1. The number of hydrogen-bond acceptors (Lipinski definition) is 7. The summed E-state index contributed by atoms with van der Waals surface area (Å²) in [5.41, 5.74) is 6.26. The third-order valence-electron chi connectivity index (χ3n) is 5.67. The number of methoxy groups -OCH3 is 2. The minimum absolute atomic E-state index is 0.113. The van der Waals surface area contributed by atoms with E-state index in [1.54, 1.807) is 20.5 Å². The van der Waals surface area contributed by atoms with E-state index < -0.39 is 0 Å². The molecule has 0 bridgehead atoms. The van der Waals surface area contributed by atoms with Gasteiger partial charge in [-0.15, -0.1) is 0 Å². The van der Waals surface area contributed by atoms with Crippen molar-refractivity contribution in [1.82, 2.24) is 24.9 Å². The van der Waals surface area contributed by atoms with E-state index >= 15 is 0 Å². The van der Waals surface area contributed by atoms with E-state index in [-0.39, 0.29) is 6.10 Å². The molecule has 33 heavy (non-hydrogen) atoms. The number of aromatic amines is 1. The van der Waals surface area contributed by atoms with E-state index in [0.29, 0.717) is 35.0 Å². The Balaban J connectivity index is 1.59. The highest BCUT2D eigenvalue weighted by molar-refractivity contribution is 6.32. The predicted molar refractivity (Wildman–Crippen MR) is 130 cm³/mol. The summed E-state index contributed by atoms with van der Waals surface area (Å²) >= 11 is 6.63. The minimum atomic E-state index is 0.113. The molecular weight excluding hydrogens is 440 g/mol. The first-order valence-corrected chi connectivity index (χ1v) is 11.1. The Morgan fingerprint density at radius 1 is 1.15 bits per heavy atom. The van der Waals surface area contributed by atoms with Gasteiger partial charge in [-0.2, -0.15) is 0 Å². The number of hydrogen-bond donors (Lipinski definition) is 2. The van der Waals surface area contributed by atoms with Crippen molar-refractivity contribution in [2.24, 2.45) is 0 Å². The molecule has 0 fully saturated rings. The number of rotatable bonds is 9. The number of pyridine rings is 1. The number of nitrogens with zero attached hydrogens (tertiary/aromatic N) is 4. The molecular formula is C24H27ClN6O2. The van der Waals surface area contributed by atoms with Gasteiger partial charge in [0.2, 0.25) is 0 Å². The van der Waals surface area contributed by atoms with Gasteiger partial charge in [0.15, 0.2) is 11.5 Å². The third kappa shape index (κ3) is 4.91. The van der Waals surface area contributed by atoms with Gasteiger partial charge >= 0.3 is 0 Å². The third-order valence-corrected chi connectivity index (χ3v) is 6.07. The summed E-state index contributed by atoms with van der Waals surface area (Å²) in [5, 5.41) is 4.03. The molecule has 8 nitrogen and oxygen atoms in total. The number of ether oxygens (including phenoxy) is 2. The molecule has 0 saturated carbocycles. The molecule has 0 spiro atoms. The fourth-order valence-corrected chi connectivity index (χ4v) is 4.05. The summed E-state index contributed by atoms with van der Waals surface area (Å²) in [4.78, 5) is 20.4. The van der Waals surface area contributed by atoms with Gasteiger partial charge in [-0.25, -0.2) is 15.0 Å². The SMILES string of the molecule is COc1c(CCNc2ncnc3[nH]cnc23)cc(Cl)c(C)c1-c1ccc(CC(C)OC)nc1. The summed E-state index contributed by atoms with van der Waals surface area (Å²) in [6.07, 6.45) is 6.54. The first-order chi connectivity index (χ1) is 16.0. The van der Waals surface area contributed by atoms with Gasteiger partial charge in [-0.3, -0.25) is 4.98 Å². The summed E-state index contributed by atoms with van der Waals surface area (Å²) in [5.74, 6) is 1.48. The maximum Gasteiger partial charge on any atom is 0.162 e. The van der Waals surface area contributed by atoms with Crippen LogP contribution >= 0.6 is 11.6 Å². The summed E-state index contributed by atoms with van der Waals surface area (Å²) < 4.78 is 11.2. The molecule has 0 aliphatic heterocycles. The average Bonchev–Trinajstić information content (AvgIpc) is 3.31. The second-order valence-corrected chi connectivity index (χ2v) is 8.25. The fourth-order valence-electron chi connectivity index (χ4n) is 3.82. The van der Waals surface area contributed by atoms with Gasteiger partial charge in [0, 0.05) is 48.1 Å². The Labute approximate surface area is 197 Å². The topological polar surface area (TPSA) is 97.8 Å². The molecule has 9 heteroatoms. The van der Waals surface area contributed by atoms with E-state index in [1.807, 2.05) is 32.2 Å². The van der Waals surface area contributed by atoms with Crippen LogP contribution in [0.25, 0.3) is 22.3 Å². The Morgan fingerprint density at radius 3 is 2.73 bits per heavy atom. The van der Waals surface area contributed by atoms with Crippen molar-refractivity contribution in [1.29, 1.82) is 0 Å². The Kier molecular flexibility index (Phi) is 7.05. The van der Waals surface area contributed by atoms with Crippen molar-refractivity contribution >= 4 is 28.6 Å². The van der Waals surface area contributed by atoms with Gasteiger partial charge in [0.05, 0.1) is 19.5 Å². The first-order valence-electron chi connectivity index (χ1n) is 10.7. The number of halogens is 1. The van der Waals surface area contributed by atoms with E-state index in [2.05, 4.69) is 36.3 Å². The van der Waals surface area contributed by atoms with Crippen LogP contribution in [0.4, 0.5) is 5.82 Å². The maximum atomic E-state index is 6.63. The zero-order chi connectivity index (χ0) is 23.4. The number of anilines is 1. The van der Waals surface area contributed by atoms with E-state index in [4.69, 9.17) is 21.1 Å². The number of H-pyrrole nitrogens is 1. The van der Waals surface area contributed by atoms with Crippen LogP contribution in [0, 0.1) is 6.92 Å². The Morgan fingerprint density at radius 2 is 2.00 bits per heavy atom. The smallest absolute Gasteiger partial charge is 0.162 e. The number of benzene rings is 1. The van der Waals surface area contributed by atoms with Gasteiger partial charge in [0.1, 0.15) is 17.6 Å². The van der Waals surface area contributed by atoms with Crippen molar-refractivity contribution in [2.45, 2.75) is 32.8 Å². The summed E-state index contributed by atoms with van der Waals surface area (Å²) in [6, 6.07) is 6.05. The van der Waals surface area contributed by atoms with Gasteiger partial charge in [-0.1, -0.05) is 17.7 Å². The zero-order valence-electron chi connectivity index (χ0n) is 19.1. The molecule has 0 aliphatic rings. The van der Waals surface area contributed by atoms with Gasteiger partial charge in [-0.05, 0) is 43.5 Å². The molecule has 0 amide bonds. The van der Waals surface area contributed by atoms with E-state index in [0.717, 1.165) is 40.1 Å². The highest BCUT2D eigenvalue weighted by Gasteiger charge is 2.18. The summed E-state index contributed by atoms with van der Waals surface area (Å²) in [6.45, 7) is 4.65. The standard InChI is InChI=1S/C24H27ClN6O2/c1-14(32-3)9-18-6-5-17(11-27-18)20-15(2)19(25)10-16(22(20)33-4)7-8-26-23-21-24(29-12-28-21)31-13-30-23/h5-6,10-14H,7-9H2,1-4H3,(H2,26,28,29,30,31). The van der Waals surface area contributed by atoms with Crippen LogP contribution in [0.5, 0.6) is 5.75 Å². The lowest BCUT2D eigenvalue weighted by Gasteiger charge is -2.18. The van der Waals surface area contributed by atoms with Gasteiger partial charge < -0.3 is 19.8 Å². The van der Waals surface area contributed by atoms with Crippen molar-refractivity contribution < 1.29 is 9.47 Å². The zero-order valence-corrected chi connectivity index (χ0v) is 19.9. The number of nitrogens with one attached hydrogen (secondary N) is 2. The lowest BCUT2D eigenvalue weighted by atomic mass is 9.95. The average molecular weight is 467 g/mol. The molecule has 3 aromatic heterocycles. The lowest BCUT2D eigenvalue weighted by molar-refractivity contribution is 0.118. The Hall–Kier alpha value is -3.23. The second-order valence-electron chi connectivity index (χ2n) is 7.84. The van der Waals surface area contributed by atoms with Crippen LogP contribution in [0.15, 0.2) is 37.1 Å². The molecule has 1 unspecified atom stereocenters. The lowest BCUT2D eigenvalue weighted by Crippen LogP contribution is -2.10.